The summed E-state index contributed by atoms with van der Waals surface area (Å²) in [5.41, 5.74) is 0.0892. The summed E-state index contributed by atoms with van der Waals surface area (Å²) >= 11 is 0. The lowest BCUT2D eigenvalue weighted by atomic mass is 10.2. The van der Waals surface area contributed by atoms with E-state index in [1.54, 1.807) is 0 Å². The van der Waals surface area contributed by atoms with Crippen LogP contribution in [-0.2, 0) is 10.0 Å². The number of alkyl halides is 3. The van der Waals surface area contributed by atoms with E-state index in [1.807, 2.05) is 0 Å². The quantitative estimate of drug-likeness (QED) is 0.525. The summed E-state index contributed by atoms with van der Waals surface area (Å²) in [5, 5.41) is 2.38. The van der Waals surface area contributed by atoms with Crippen molar-refractivity contribution in [2.24, 2.45) is 0 Å². The molecule has 0 bridgehead atoms. The standard InChI is InChI=1S/C20H14F4N2O4S/c21-14-7-9-15(10-8-14)26-31(28,29)18-6-1-3-13(11-18)19(27)25-16-4-2-5-17(12-16)30-20(22,23)24/h1-12,26H,(H,25,27). The van der Waals surface area contributed by atoms with Crippen LogP contribution in [-0.4, -0.2) is 20.7 Å². The summed E-state index contributed by atoms with van der Waals surface area (Å²) in [5.74, 6) is -1.81. The molecule has 0 spiro atoms. The maximum atomic E-state index is 13.0. The molecule has 0 fully saturated rings. The molecule has 0 atom stereocenters. The first-order valence-corrected chi connectivity index (χ1v) is 10.1. The predicted molar refractivity (Wildman–Crippen MR) is 105 cm³/mol. The highest BCUT2D eigenvalue weighted by Gasteiger charge is 2.31. The molecule has 0 aliphatic rings. The molecule has 162 valence electrons. The van der Waals surface area contributed by atoms with Crippen LogP contribution in [0.3, 0.4) is 0 Å². The summed E-state index contributed by atoms with van der Waals surface area (Å²) in [6, 6.07) is 14.3. The molecule has 0 saturated heterocycles. The number of rotatable bonds is 6. The van der Waals surface area contributed by atoms with Gasteiger partial charge in [-0.3, -0.25) is 9.52 Å². The first kappa shape index (κ1) is 22.1. The fourth-order valence-electron chi connectivity index (χ4n) is 2.51. The minimum Gasteiger partial charge on any atom is -0.406 e. The normalized spacial score (nSPS) is 11.6. The number of carbonyl (C=O) groups is 1. The molecule has 0 radical (unpaired) electrons. The second-order valence-corrected chi connectivity index (χ2v) is 7.85. The summed E-state index contributed by atoms with van der Waals surface area (Å²) in [6.45, 7) is 0. The van der Waals surface area contributed by atoms with E-state index in [4.69, 9.17) is 0 Å². The Bertz CT molecular complexity index is 1200. The highest BCUT2D eigenvalue weighted by Crippen LogP contribution is 2.25. The maximum Gasteiger partial charge on any atom is 0.573 e. The van der Waals surface area contributed by atoms with Crippen LogP contribution in [0.15, 0.2) is 77.7 Å². The van der Waals surface area contributed by atoms with Crippen LogP contribution < -0.4 is 14.8 Å². The first-order valence-electron chi connectivity index (χ1n) is 8.57. The maximum absolute atomic E-state index is 13.0. The summed E-state index contributed by atoms with van der Waals surface area (Å²) in [7, 11) is -4.08. The van der Waals surface area contributed by atoms with Gasteiger partial charge in [-0.15, -0.1) is 13.2 Å². The minimum absolute atomic E-state index is 0.0180. The summed E-state index contributed by atoms with van der Waals surface area (Å²) in [6.07, 6.45) is -4.89. The second kappa shape index (κ2) is 8.64. The number of sulfonamides is 1. The number of anilines is 2. The zero-order valence-electron chi connectivity index (χ0n) is 15.5. The SMILES string of the molecule is O=C(Nc1cccc(OC(F)(F)F)c1)c1cccc(S(=O)(=O)Nc2ccc(F)cc2)c1. The number of halogens is 4. The second-order valence-electron chi connectivity index (χ2n) is 6.17. The largest absolute Gasteiger partial charge is 0.573 e. The van der Waals surface area contributed by atoms with Crippen molar-refractivity contribution in [2.75, 3.05) is 10.0 Å². The van der Waals surface area contributed by atoms with Crippen molar-refractivity contribution in [1.82, 2.24) is 0 Å². The van der Waals surface area contributed by atoms with Gasteiger partial charge in [-0.05, 0) is 54.6 Å². The van der Waals surface area contributed by atoms with Crippen molar-refractivity contribution < 1.29 is 35.5 Å². The van der Waals surface area contributed by atoms with Crippen molar-refractivity contribution in [3.8, 4) is 5.75 Å². The molecule has 3 rings (SSSR count). The lowest BCUT2D eigenvalue weighted by Crippen LogP contribution is -2.18. The topological polar surface area (TPSA) is 84.5 Å². The number of nitrogens with one attached hydrogen (secondary N) is 2. The molecule has 0 aliphatic heterocycles. The van der Waals surface area contributed by atoms with Crippen molar-refractivity contribution in [2.45, 2.75) is 11.3 Å². The van der Waals surface area contributed by atoms with E-state index in [9.17, 15) is 30.8 Å². The van der Waals surface area contributed by atoms with Gasteiger partial charge in [-0.1, -0.05) is 12.1 Å². The highest BCUT2D eigenvalue weighted by molar-refractivity contribution is 7.92. The van der Waals surface area contributed by atoms with Gasteiger partial charge in [0, 0.05) is 23.0 Å². The minimum atomic E-state index is -4.89. The Kier molecular flexibility index (Phi) is 6.16. The zero-order valence-corrected chi connectivity index (χ0v) is 16.3. The number of benzene rings is 3. The van der Waals surface area contributed by atoms with Crippen LogP contribution in [0.1, 0.15) is 10.4 Å². The molecule has 6 nitrogen and oxygen atoms in total. The average Bonchev–Trinajstić information content (AvgIpc) is 2.69. The molecular weight excluding hydrogens is 440 g/mol. The van der Waals surface area contributed by atoms with Crippen LogP contribution in [0, 0.1) is 5.82 Å². The van der Waals surface area contributed by atoms with E-state index >= 15 is 0 Å². The van der Waals surface area contributed by atoms with E-state index in [0.717, 1.165) is 30.3 Å². The molecule has 3 aromatic rings. The van der Waals surface area contributed by atoms with Crippen LogP contribution in [0.2, 0.25) is 0 Å². The van der Waals surface area contributed by atoms with Gasteiger partial charge in [0.1, 0.15) is 11.6 Å². The zero-order chi connectivity index (χ0) is 22.6. The van der Waals surface area contributed by atoms with Gasteiger partial charge in [0.05, 0.1) is 4.90 Å². The Morgan fingerprint density at radius 3 is 2.23 bits per heavy atom. The molecule has 0 saturated carbocycles. The van der Waals surface area contributed by atoms with Gasteiger partial charge >= 0.3 is 6.36 Å². The molecule has 11 heteroatoms. The van der Waals surface area contributed by atoms with Crippen molar-refractivity contribution in [1.29, 1.82) is 0 Å². The first-order chi connectivity index (χ1) is 14.5. The lowest BCUT2D eigenvalue weighted by molar-refractivity contribution is -0.274. The fraction of sp³-hybridized carbons (Fsp3) is 0.0500. The van der Waals surface area contributed by atoms with Crippen LogP contribution >= 0.6 is 0 Å². The third kappa shape index (κ3) is 6.19. The van der Waals surface area contributed by atoms with E-state index in [0.29, 0.717) is 0 Å². The van der Waals surface area contributed by atoms with Gasteiger partial charge < -0.3 is 10.1 Å². The molecule has 0 heterocycles. The fourth-order valence-corrected chi connectivity index (χ4v) is 3.61. The number of amides is 1. The Labute approximate surface area is 174 Å². The average molecular weight is 454 g/mol. The van der Waals surface area contributed by atoms with Crippen LogP contribution in [0.4, 0.5) is 28.9 Å². The monoisotopic (exact) mass is 454 g/mol. The van der Waals surface area contributed by atoms with Gasteiger partial charge in [0.2, 0.25) is 0 Å². The van der Waals surface area contributed by atoms with Gasteiger partial charge in [0.15, 0.2) is 0 Å². The highest BCUT2D eigenvalue weighted by atomic mass is 32.2. The molecule has 1 amide bonds. The van der Waals surface area contributed by atoms with Gasteiger partial charge in [-0.25, -0.2) is 12.8 Å². The van der Waals surface area contributed by atoms with E-state index in [2.05, 4.69) is 14.8 Å². The van der Waals surface area contributed by atoms with E-state index in [1.165, 1.54) is 42.5 Å². The van der Waals surface area contributed by atoms with Gasteiger partial charge in [-0.2, -0.15) is 0 Å². The Balaban J connectivity index is 1.77. The molecule has 31 heavy (non-hydrogen) atoms. The molecule has 0 aliphatic carbocycles. The van der Waals surface area contributed by atoms with Crippen LogP contribution in [0.25, 0.3) is 0 Å². The third-order valence-electron chi connectivity index (χ3n) is 3.83. The van der Waals surface area contributed by atoms with E-state index in [-0.39, 0.29) is 21.8 Å². The Morgan fingerprint density at radius 1 is 0.871 bits per heavy atom. The van der Waals surface area contributed by atoms with Crippen LogP contribution in [0.5, 0.6) is 5.75 Å². The number of ether oxygens (including phenoxy) is 1. The molecule has 0 unspecified atom stereocenters. The lowest BCUT2D eigenvalue weighted by Gasteiger charge is -2.11. The molecular formula is C20H14F4N2O4S. The molecule has 2 N–H and O–H groups in total. The summed E-state index contributed by atoms with van der Waals surface area (Å²) in [4.78, 5) is 12.2. The Hall–Kier alpha value is -3.60. The van der Waals surface area contributed by atoms with E-state index < -0.39 is 33.9 Å². The van der Waals surface area contributed by atoms with Crippen molar-refractivity contribution in [3.63, 3.8) is 0 Å². The van der Waals surface area contributed by atoms with Crippen molar-refractivity contribution in [3.05, 3.63) is 84.2 Å². The third-order valence-corrected chi connectivity index (χ3v) is 5.21. The van der Waals surface area contributed by atoms with Crippen molar-refractivity contribution >= 4 is 27.3 Å². The number of hydrogen-bond acceptors (Lipinski definition) is 4. The molecule has 3 aromatic carbocycles. The Morgan fingerprint density at radius 2 is 1.55 bits per heavy atom. The number of carbonyl (C=O) groups excluding carboxylic acids is 1. The smallest absolute Gasteiger partial charge is 0.406 e. The molecule has 0 aromatic heterocycles. The number of hydrogen-bond donors (Lipinski definition) is 2. The summed E-state index contributed by atoms with van der Waals surface area (Å²) < 4.78 is 81.1. The van der Waals surface area contributed by atoms with Gasteiger partial charge in [0.25, 0.3) is 15.9 Å². The predicted octanol–water partition coefficient (Wildman–Crippen LogP) is 4.78.